The zero-order valence-electron chi connectivity index (χ0n) is 15.5. The van der Waals surface area contributed by atoms with Crippen LogP contribution in [0.4, 0.5) is 9.59 Å². The number of ether oxygens (including phenoxy) is 3. The van der Waals surface area contributed by atoms with Gasteiger partial charge >= 0.3 is 18.2 Å². The van der Waals surface area contributed by atoms with Crippen LogP contribution in [0.5, 0.6) is 0 Å². The number of allylic oxidation sites excluding steroid dienone is 1. The van der Waals surface area contributed by atoms with Crippen LogP contribution in [-0.2, 0) is 19.0 Å². The van der Waals surface area contributed by atoms with Gasteiger partial charge in [0.15, 0.2) is 5.70 Å². The molecule has 25 heavy (non-hydrogen) atoms. The van der Waals surface area contributed by atoms with Gasteiger partial charge in [0, 0.05) is 12.2 Å². The van der Waals surface area contributed by atoms with Gasteiger partial charge < -0.3 is 19.5 Å². The quantitative estimate of drug-likeness (QED) is 0.236. The van der Waals surface area contributed by atoms with Gasteiger partial charge in [0.25, 0.3) is 0 Å². The van der Waals surface area contributed by atoms with Crippen LogP contribution < -0.4 is 10.7 Å². The standard InChI is InChI=1S/C16H27N3O6/c1-8-9-17-12(6)13(14(20)23-7)19(16(22)25-11(4)5)18-15(21)24-10(2)3/h8,10-11,17H,1,9H2,2-7H3,(H,18,21)/b13-12+. The van der Waals surface area contributed by atoms with Gasteiger partial charge in [-0.1, -0.05) is 6.08 Å². The number of carbonyl (C=O) groups excluding carboxylic acids is 3. The topological polar surface area (TPSA) is 106 Å². The Hall–Kier alpha value is -2.71. The van der Waals surface area contributed by atoms with Crippen LogP contribution in [-0.4, -0.2) is 49.0 Å². The molecule has 9 heteroatoms. The lowest BCUT2D eigenvalue weighted by atomic mass is 10.3. The van der Waals surface area contributed by atoms with Crippen LogP contribution in [0.2, 0.25) is 0 Å². The summed E-state index contributed by atoms with van der Waals surface area (Å²) in [5.74, 6) is -0.848. The fraction of sp³-hybridized carbons (Fsp3) is 0.562. The minimum atomic E-state index is -0.962. The van der Waals surface area contributed by atoms with Crippen LogP contribution in [0.1, 0.15) is 34.6 Å². The molecule has 9 nitrogen and oxygen atoms in total. The molecule has 0 rings (SSSR count). The molecule has 0 aliphatic heterocycles. The third kappa shape index (κ3) is 8.09. The van der Waals surface area contributed by atoms with Crippen molar-refractivity contribution in [3.63, 3.8) is 0 Å². The lowest BCUT2D eigenvalue weighted by Gasteiger charge is -2.26. The molecule has 0 atom stereocenters. The van der Waals surface area contributed by atoms with E-state index in [0.717, 1.165) is 7.11 Å². The summed E-state index contributed by atoms with van der Waals surface area (Å²) in [6, 6.07) is 0. The van der Waals surface area contributed by atoms with E-state index in [1.807, 2.05) is 0 Å². The van der Waals surface area contributed by atoms with Crippen molar-refractivity contribution in [2.75, 3.05) is 13.7 Å². The van der Waals surface area contributed by atoms with Gasteiger partial charge in [-0.15, -0.1) is 6.58 Å². The first-order valence-electron chi connectivity index (χ1n) is 7.75. The van der Waals surface area contributed by atoms with E-state index < -0.39 is 30.4 Å². The Bertz CT molecular complexity index is 528. The van der Waals surface area contributed by atoms with Gasteiger partial charge in [0.1, 0.15) is 0 Å². The van der Waals surface area contributed by atoms with Crippen LogP contribution in [0.15, 0.2) is 24.0 Å². The van der Waals surface area contributed by atoms with Crippen LogP contribution in [0, 0.1) is 0 Å². The molecule has 0 aromatic rings. The molecule has 0 heterocycles. The third-order valence-corrected chi connectivity index (χ3v) is 2.53. The minimum absolute atomic E-state index is 0.240. The van der Waals surface area contributed by atoms with Gasteiger partial charge in [-0.2, -0.15) is 5.01 Å². The molecule has 0 bridgehead atoms. The van der Waals surface area contributed by atoms with E-state index >= 15 is 0 Å². The minimum Gasteiger partial charge on any atom is -0.464 e. The van der Waals surface area contributed by atoms with Crippen molar-refractivity contribution in [2.45, 2.75) is 46.8 Å². The van der Waals surface area contributed by atoms with E-state index in [2.05, 4.69) is 17.3 Å². The first-order valence-corrected chi connectivity index (χ1v) is 7.75. The number of hydrazine groups is 1. The lowest BCUT2D eigenvalue weighted by Crippen LogP contribution is -2.49. The second kappa shape index (κ2) is 11.0. The highest BCUT2D eigenvalue weighted by Crippen LogP contribution is 2.12. The van der Waals surface area contributed by atoms with Crippen molar-refractivity contribution in [1.29, 1.82) is 0 Å². The maximum Gasteiger partial charge on any atom is 0.434 e. The second-order valence-electron chi connectivity index (χ2n) is 5.47. The SMILES string of the molecule is C=CCN/C(C)=C(\C(=O)OC)N(NC(=O)OC(C)C)C(=O)OC(C)C. The summed E-state index contributed by atoms with van der Waals surface area (Å²) in [4.78, 5) is 36.4. The molecule has 0 unspecified atom stereocenters. The number of hydrogen-bond acceptors (Lipinski definition) is 7. The molecule has 0 aliphatic carbocycles. The summed E-state index contributed by atoms with van der Waals surface area (Å²) >= 11 is 0. The Morgan fingerprint density at radius 1 is 1.12 bits per heavy atom. The van der Waals surface area contributed by atoms with Crippen LogP contribution in [0.25, 0.3) is 0 Å². The first-order chi connectivity index (χ1) is 11.6. The second-order valence-corrected chi connectivity index (χ2v) is 5.47. The summed E-state index contributed by atoms with van der Waals surface area (Å²) < 4.78 is 14.7. The molecule has 0 aromatic carbocycles. The summed E-state index contributed by atoms with van der Waals surface area (Å²) in [5, 5.41) is 3.52. The van der Waals surface area contributed by atoms with E-state index in [1.165, 1.54) is 0 Å². The lowest BCUT2D eigenvalue weighted by molar-refractivity contribution is -0.138. The van der Waals surface area contributed by atoms with Gasteiger partial charge in [-0.3, -0.25) is 0 Å². The van der Waals surface area contributed by atoms with Crippen LogP contribution >= 0.6 is 0 Å². The highest BCUT2D eigenvalue weighted by atomic mass is 16.6. The van der Waals surface area contributed by atoms with E-state index in [9.17, 15) is 14.4 Å². The van der Waals surface area contributed by atoms with Gasteiger partial charge in [0.05, 0.1) is 19.3 Å². The third-order valence-electron chi connectivity index (χ3n) is 2.53. The summed E-state index contributed by atoms with van der Waals surface area (Å²) in [6.45, 7) is 12.0. The highest BCUT2D eigenvalue weighted by Gasteiger charge is 2.31. The Morgan fingerprint density at radius 3 is 2.12 bits per heavy atom. The maximum absolute atomic E-state index is 12.4. The number of carbonyl (C=O) groups is 3. The van der Waals surface area contributed by atoms with Crippen LogP contribution in [0.3, 0.4) is 0 Å². The van der Waals surface area contributed by atoms with Gasteiger partial charge in [-0.05, 0) is 34.6 Å². The van der Waals surface area contributed by atoms with Crippen molar-refractivity contribution in [1.82, 2.24) is 15.8 Å². The molecule has 0 saturated heterocycles. The number of methoxy groups -OCH3 is 1. The molecule has 0 aliphatic rings. The maximum atomic E-state index is 12.4. The first kappa shape index (κ1) is 22.3. The Kier molecular flexibility index (Phi) is 9.76. The van der Waals surface area contributed by atoms with Crippen molar-refractivity contribution in [3.05, 3.63) is 24.0 Å². The average molecular weight is 357 g/mol. The summed E-state index contributed by atoms with van der Waals surface area (Å²) in [5.41, 5.74) is 2.23. The van der Waals surface area contributed by atoms with Crippen molar-refractivity contribution in [2.24, 2.45) is 0 Å². The Morgan fingerprint density at radius 2 is 1.68 bits per heavy atom. The Labute approximate surface area is 147 Å². The molecule has 2 amide bonds. The molecular formula is C16H27N3O6. The molecule has 0 aromatic heterocycles. The number of nitrogens with one attached hydrogen (secondary N) is 2. The van der Waals surface area contributed by atoms with E-state index in [-0.39, 0.29) is 11.4 Å². The van der Waals surface area contributed by atoms with Crippen molar-refractivity contribution in [3.8, 4) is 0 Å². The fourth-order valence-corrected chi connectivity index (χ4v) is 1.60. The molecule has 0 fully saturated rings. The predicted octanol–water partition coefficient (Wildman–Crippen LogP) is 2.06. The summed E-state index contributed by atoms with van der Waals surface area (Å²) in [6.07, 6.45) is -1.22. The van der Waals surface area contributed by atoms with Gasteiger partial charge in [-0.25, -0.2) is 19.8 Å². The zero-order chi connectivity index (χ0) is 19.6. The number of esters is 1. The zero-order valence-corrected chi connectivity index (χ0v) is 15.5. The normalized spacial score (nSPS) is 11.4. The smallest absolute Gasteiger partial charge is 0.434 e. The monoisotopic (exact) mass is 357 g/mol. The molecule has 142 valence electrons. The van der Waals surface area contributed by atoms with E-state index in [4.69, 9.17) is 14.2 Å². The number of rotatable bonds is 7. The largest absolute Gasteiger partial charge is 0.464 e. The molecular weight excluding hydrogens is 330 g/mol. The molecule has 2 N–H and O–H groups in total. The highest BCUT2D eigenvalue weighted by molar-refractivity contribution is 5.93. The van der Waals surface area contributed by atoms with E-state index in [1.54, 1.807) is 40.7 Å². The molecule has 0 radical (unpaired) electrons. The molecule has 0 saturated carbocycles. The average Bonchev–Trinajstić information content (AvgIpc) is 2.50. The number of nitrogens with zero attached hydrogens (tertiary/aromatic N) is 1. The summed E-state index contributed by atoms with van der Waals surface area (Å²) in [7, 11) is 1.15. The number of amides is 2. The Balaban J connectivity index is 5.81. The van der Waals surface area contributed by atoms with Crippen molar-refractivity contribution >= 4 is 18.2 Å². The van der Waals surface area contributed by atoms with E-state index in [0.29, 0.717) is 11.6 Å². The van der Waals surface area contributed by atoms with Gasteiger partial charge in [0.2, 0.25) is 0 Å². The fourth-order valence-electron chi connectivity index (χ4n) is 1.60. The predicted molar refractivity (Wildman–Crippen MR) is 91.1 cm³/mol. The molecule has 0 spiro atoms. The van der Waals surface area contributed by atoms with Crippen molar-refractivity contribution < 1.29 is 28.6 Å². The number of hydrogen-bond donors (Lipinski definition) is 2.